The predicted octanol–water partition coefficient (Wildman–Crippen LogP) is 1.84. The highest BCUT2D eigenvalue weighted by atomic mass is 16.7. The van der Waals surface area contributed by atoms with E-state index in [4.69, 9.17) is 4.84 Å². The van der Waals surface area contributed by atoms with E-state index >= 15 is 0 Å². The highest BCUT2D eigenvalue weighted by molar-refractivity contribution is 4.92. The molecule has 0 N–H and O–H groups in total. The van der Waals surface area contributed by atoms with Gasteiger partial charge in [0.1, 0.15) is 0 Å². The molecule has 0 aromatic carbocycles. The SMILES string of the molecule is CON(C)CCC=C(C)C. The molecule has 0 aromatic rings. The molecule has 0 unspecified atom stereocenters. The van der Waals surface area contributed by atoms with Gasteiger partial charge in [-0.3, -0.25) is 0 Å². The van der Waals surface area contributed by atoms with Gasteiger partial charge in [-0.25, -0.2) is 0 Å². The smallest absolute Gasteiger partial charge is 0.0575 e. The zero-order valence-electron chi connectivity index (χ0n) is 7.35. The maximum absolute atomic E-state index is 4.94. The maximum atomic E-state index is 4.94. The average Bonchev–Trinajstić information content (AvgIpc) is 1.87. The third kappa shape index (κ3) is 5.79. The molecular formula is C8H17NO. The van der Waals surface area contributed by atoms with Gasteiger partial charge in [-0.05, 0) is 20.3 Å². The Labute approximate surface area is 63.4 Å². The van der Waals surface area contributed by atoms with Gasteiger partial charge in [-0.1, -0.05) is 11.6 Å². The first-order valence-corrected chi connectivity index (χ1v) is 3.55. The standard InChI is InChI=1S/C8H17NO/c1-8(2)6-5-7-9(3)10-4/h6H,5,7H2,1-4H3. The summed E-state index contributed by atoms with van der Waals surface area (Å²) in [5, 5.41) is 1.82. The van der Waals surface area contributed by atoms with Crippen molar-refractivity contribution in [2.45, 2.75) is 20.3 Å². The van der Waals surface area contributed by atoms with E-state index in [-0.39, 0.29) is 0 Å². The third-order valence-electron chi connectivity index (χ3n) is 1.31. The Kier molecular flexibility index (Phi) is 5.26. The summed E-state index contributed by atoms with van der Waals surface area (Å²) in [7, 11) is 3.61. The van der Waals surface area contributed by atoms with Gasteiger partial charge >= 0.3 is 0 Å². The van der Waals surface area contributed by atoms with Crippen molar-refractivity contribution < 1.29 is 4.84 Å². The molecule has 0 radical (unpaired) electrons. The number of allylic oxidation sites excluding steroid dienone is 1. The molecule has 0 saturated carbocycles. The first-order valence-electron chi connectivity index (χ1n) is 3.55. The van der Waals surface area contributed by atoms with Crippen molar-refractivity contribution in [3.8, 4) is 0 Å². The summed E-state index contributed by atoms with van der Waals surface area (Å²) in [5.74, 6) is 0. The largest absolute Gasteiger partial charge is 0.303 e. The van der Waals surface area contributed by atoms with Crippen LogP contribution in [0.15, 0.2) is 11.6 Å². The first-order chi connectivity index (χ1) is 4.66. The van der Waals surface area contributed by atoms with Crippen LogP contribution in [0.4, 0.5) is 0 Å². The van der Waals surface area contributed by atoms with E-state index in [9.17, 15) is 0 Å². The van der Waals surface area contributed by atoms with Crippen LogP contribution < -0.4 is 0 Å². The fraction of sp³-hybridized carbons (Fsp3) is 0.750. The van der Waals surface area contributed by atoms with Crippen LogP contribution in [0.25, 0.3) is 0 Å². The second-order valence-electron chi connectivity index (χ2n) is 2.60. The predicted molar refractivity (Wildman–Crippen MR) is 43.7 cm³/mol. The molecule has 0 aliphatic rings. The van der Waals surface area contributed by atoms with Gasteiger partial charge in [0.25, 0.3) is 0 Å². The summed E-state index contributed by atoms with van der Waals surface area (Å²) in [4.78, 5) is 4.94. The molecule has 0 saturated heterocycles. The minimum atomic E-state index is 0.960. The van der Waals surface area contributed by atoms with Gasteiger partial charge in [0.2, 0.25) is 0 Å². The Morgan fingerprint density at radius 2 is 2.10 bits per heavy atom. The molecule has 2 heteroatoms. The Balaban J connectivity index is 3.28. The normalized spacial score (nSPS) is 10.1. The van der Waals surface area contributed by atoms with Crippen LogP contribution in [0.1, 0.15) is 20.3 Å². The van der Waals surface area contributed by atoms with Gasteiger partial charge < -0.3 is 4.84 Å². The number of hydroxylamine groups is 2. The van der Waals surface area contributed by atoms with Crippen LogP contribution in [0.3, 0.4) is 0 Å². The lowest BCUT2D eigenvalue weighted by atomic mass is 10.3. The molecule has 10 heavy (non-hydrogen) atoms. The highest BCUT2D eigenvalue weighted by Crippen LogP contribution is 1.94. The van der Waals surface area contributed by atoms with E-state index in [0.29, 0.717) is 0 Å². The van der Waals surface area contributed by atoms with Crippen LogP contribution in [-0.4, -0.2) is 25.8 Å². The monoisotopic (exact) mass is 143 g/mol. The summed E-state index contributed by atoms with van der Waals surface area (Å²) in [6.45, 7) is 5.17. The number of hydrogen-bond acceptors (Lipinski definition) is 2. The number of hydrogen-bond donors (Lipinski definition) is 0. The Bertz CT molecular complexity index is 106. The molecule has 0 amide bonds. The van der Waals surface area contributed by atoms with Gasteiger partial charge in [0.15, 0.2) is 0 Å². The van der Waals surface area contributed by atoms with E-state index in [1.807, 2.05) is 12.1 Å². The molecule has 0 fully saturated rings. The maximum Gasteiger partial charge on any atom is 0.0575 e. The van der Waals surface area contributed by atoms with Crippen LogP contribution in [0.2, 0.25) is 0 Å². The van der Waals surface area contributed by atoms with Crippen molar-refractivity contribution in [2.75, 3.05) is 20.7 Å². The molecule has 0 bridgehead atoms. The molecule has 0 atom stereocenters. The number of rotatable bonds is 4. The van der Waals surface area contributed by atoms with Crippen molar-refractivity contribution >= 4 is 0 Å². The van der Waals surface area contributed by atoms with E-state index in [1.54, 1.807) is 7.11 Å². The Morgan fingerprint density at radius 3 is 2.50 bits per heavy atom. The van der Waals surface area contributed by atoms with Crippen molar-refractivity contribution in [3.05, 3.63) is 11.6 Å². The van der Waals surface area contributed by atoms with Gasteiger partial charge in [-0.2, -0.15) is 5.06 Å². The summed E-state index contributed by atoms with van der Waals surface area (Å²) in [6.07, 6.45) is 3.27. The van der Waals surface area contributed by atoms with Crippen molar-refractivity contribution in [1.29, 1.82) is 0 Å². The minimum Gasteiger partial charge on any atom is -0.303 e. The van der Waals surface area contributed by atoms with Crippen LogP contribution in [-0.2, 0) is 4.84 Å². The van der Waals surface area contributed by atoms with Crippen molar-refractivity contribution in [1.82, 2.24) is 5.06 Å². The quantitative estimate of drug-likeness (QED) is 0.440. The zero-order chi connectivity index (χ0) is 7.98. The van der Waals surface area contributed by atoms with Gasteiger partial charge in [0, 0.05) is 13.6 Å². The molecule has 0 aromatic heterocycles. The second-order valence-corrected chi connectivity index (χ2v) is 2.60. The minimum absolute atomic E-state index is 0.960. The lowest BCUT2D eigenvalue weighted by Gasteiger charge is -2.10. The second kappa shape index (κ2) is 5.45. The molecule has 0 rings (SSSR count). The van der Waals surface area contributed by atoms with E-state index in [1.165, 1.54) is 5.57 Å². The van der Waals surface area contributed by atoms with Crippen molar-refractivity contribution in [3.63, 3.8) is 0 Å². The molecule has 0 aliphatic heterocycles. The van der Waals surface area contributed by atoms with Crippen LogP contribution in [0.5, 0.6) is 0 Å². The van der Waals surface area contributed by atoms with E-state index in [2.05, 4.69) is 19.9 Å². The van der Waals surface area contributed by atoms with Crippen LogP contribution in [0, 0.1) is 0 Å². The Hall–Kier alpha value is -0.340. The first kappa shape index (κ1) is 9.66. The molecular weight excluding hydrogens is 126 g/mol. The van der Waals surface area contributed by atoms with Crippen molar-refractivity contribution in [2.24, 2.45) is 0 Å². The van der Waals surface area contributed by atoms with Gasteiger partial charge in [0.05, 0.1) is 7.11 Å². The summed E-state index contributed by atoms with van der Waals surface area (Å²) in [5.41, 5.74) is 1.37. The zero-order valence-corrected chi connectivity index (χ0v) is 7.35. The molecule has 0 aliphatic carbocycles. The third-order valence-corrected chi connectivity index (χ3v) is 1.31. The Morgan fingerprint density at radius 1 is 1.50 bits per heavy atom. The molecule has 2 nitrogen and oxygen atoms in total. The molecule has 0 heterocycles. The fourth-order valence-electron chi connectivity index (χ4n) is 0.626. The summed E-state index contributed by atoms with van der Waals surface area (Å²) in [6, 6.07) is 0. The fourth-order valence-corrected chi connectivity index (χ4v) is 0.626. The lowest BCUT2D eigenvalue weighted by molar-refractivity contribution is -0.107. The summed E-state index contributed by atoms with van der Waals surface area (Å²) >= 11 is 0. The number of nitrogens with zero attached hydrogens (tertiary/aromatic N) is 1. The van der Waals surface area contributed by atoms with E-state index in [0.717, 1.165) is 13.0 Å². The van der Waals surface area contributed by atoms with E-state index < -0.39 is 0 Å². The van der Waals surface area contributed by atoms with Gasteiger partial charge in [-0.15, -0.1) is 0 Å². The lowest BCUT2D eigenvalue weighted by Crippen LogP contribution is -2.17. The highest BCUT2D eigenvalue weighted by Gasteiger charge is 1.90. The van der Waals surface area contributed by atoms with Crippen LogP contribution >= 0.6 is 0 Å². The molecule has 60 valence electrons. The topological polar surface area (TPSA) is 12.5 Å². The molecule has 0 spiro atoms. The average molecular weight is 143 g/mol. The summed E-state index contributed by atoms with van der Waals surface area (Å²) < 4.78 is 0.